The standard InChI is InChI=1S/C19H22N4O4/c1-22(2)17-9-20-10-18(21-17)26-13-7-8-23(11-13)19(24)16-12-25-14-5-3-4-6-15(14)27-16/h3-6,9-10,13,16H,7-8,11-12H2,1-2H3/t13-,16+/m1/s1. The van der Waals surface area contributed by atoms with Crippen molar-refractivity contribution < 1.29 is 19.0 Å². The van der Waals surface area contributed by atoms with E-state index in [1.165, 1.54) is 0 Å². The highest BCUT2D eigenvalue weighted by Gasteiger charge is 2.35. The van der Waals surface area contributed by atoms with Gasteiger partial charge < -0.3 is 24.0 Å². The van der Waals surface area contributed by atoms with Crippen LogP contribution < -0.4 is 19.1 Å². The fraction of sp³-hybridized carbons (Fsp3) is 0.421. The molecule has 1 aromatic carbocycles. The van der Waals surface area contributed by atoms with E-state index in [1.807, 2.05) is 37.2 Å². The number of ether oxygens (including phenoxy) is 3. The summed E-state index contributed by atoms with van der Waals surface area (Å²) in [5.41, 5.74) is 0. The molecule has 0 spiro atoms. The van der Waals surface area contributed by atoms with Crippen LogP contribution in [0, 0.1) is 0 Å². The summed E-state index contributed by atoms with van der Waals surface area (Å²) in [6, 6.07) is 7.37. The van der Waals surface area contributed by atoms with E-state index in [0.717, 1.165) is 12.2 Å². The monoisotopic (exact) mass is 370 g/mol. The highest BCUT2D eigenvalue weighted by Crippen LogP contribution is 2.31. The number of hydrogen-bond donors (Lipinski definition) is 0. The second kappa shape index (κ2) is 7.30. The van der Waals surface area contributed by atoms with Crippen molar-refractivity contribution in [2.24, 2.45) is 0 Å². The number of rotatable bonds is 4. The zero-order chi connectivity index (χ0) is 18.8. The fourth-order valence-corrected chi connectivity index (χ4v) is 3.15. The number of carbonyl (C=O) groups is 1. The number of aromatic nitrogens is 2. The number of hydrogen-bond acceptors (Lipinski definition) is 7. The first-order chi connectivity index (χ1) is 13.1. The number of amides is 1. The molecule has 2 aliphatic rings. The second-order valence-corrected chi connectivity index (χ2v) is 6.79. The third-order valence-corrected chi connectivity index (χ3v) is 4.59. The van der Waals surface area contributed by atoms with E-state index in [0.29, 0.717) is 30.5 Å². The maximum Gasteiger partial charge on any atom is 0.267 e. The van der Waals surface area contributed by atoms with Crippen molar-refractivity contribution in [1.82, 2.24) is 14.9 Å². The van der Waals surface area contributed by atoms with Gasteiger partial charge in [0.1, 0.15) is 12.7 Å². The van der Waals surface area contributed by atoms with E-state index in [-0.39, 0.29) is 18.6 Å². The SMILES string of the molecule is CN(C)c1cncc(O[C@@H]2CCN(C(=O)[C@@H]3COc4ccccc4O3)C2)n1. The molecule has 2 aliphatic heterocycles. The number of carbonyl (C=O) groups excluding carboxylic acids is 1. The zero-order valence-electron chi connectivity index (χ0n) is 15.4. The van der Waals surface area contributed by atoms with Gasteiger partial charge in [-0.3, -0.25) is 9.78 Å². The van der Waals surface area contributed by atoms with Gasteiger partial charge in [-0.05, 0) is 12.1 Å². The summed E-state index contributed by atoms with van der Waals surface area (Å²) >= 11 is 0. The summed E-state index contributed by atoms with van der Waals surface area (Å²) in [5.74, 6) is 2.38. The van der Waals surface area contributed by atoms with E-state index in [1.54, 1.807) is 23.4 Å². The average Bonchev–Trinajstić information content (AvgIpc) is 3.15. The molecule has 0 radical (unpaired) electrons. The molecule has 8 nitrogen and oxygen atoms in total. The van der Waals surface area contributed by atoms with E-state index in [4.69, 9.17) is 14.2 Å². The van der Waals surface area contributed by atoms with Gasteiger partial charge in [-0.15, -0.1) is 0 Å². The van der Waals surface area contributed by atoms with Gasteiger partial charge >= 0.3 is 0 Å². The Morgan fingerprint density at radius 2 is 2.07 bits per heavy atom. The van der Waals surface area contributed by atoms with Crippen LogP contribution >= 0.6 is 0 Å². The predicted octanol–water partition coefficient (Wildman–Crippen LogP) is 1.36. The molecule has 142 valence electrons. The van der Waals surface area contributed by atoms with Crippen LogP contribution in [-0.2, 0) is 4.79 Å². The quantitative estimate of drug-likeness (QED) is 0.804. The Hall–Kier alpha value is -3.03. The maximum atomic E-state index is 12.8. The smallest absolute Gasteiger partial charge is 0.267 e. The first-order valence-electron chi connectivity index (χ1n) is 8.93. The summed E-state index contributed by atoms with van der Waals surface area (Å²) in [6.07, 6.45) is 3.26. The van der Waals surface area contributed by atoms with Crippen molar-refractivity contribution >= 4 is 11.7 Å². The van der Waals surface area contributed by atoms with Crippen LogP contribution in [0.1, 0.15) is 6.42 Å². The molecule has 2 aromatic rings. The molecule has 1 aromatic heterocycles. The van der Waals surface area contributed by atoms with Crippen LogP contribution in [0.4, 0.5) is 5.82 Å². The maximum absolute atomic E-state index is 12.8. The van der Waals surface area contributed by atoms with Crippen LogP contribution in [0.5, 0.6) is 17.4 Å². The largest absolute Gasteiger partial charge is 0.485 e. The molecule has 0 bridgehead atoms. The molecule has 0 N–H and O–H groups in total. The number of anilines is 1. The molecular weight excluding hydrogens is 348 g/mol. The van der Waals surface area contributed by atoms with E-state index in [9.17, 15) is 4.79 Å². The highest BCUT2D eigenvalue weighted by molar-refractivity contribution is 5.82. The lowest BCUT2D eigenvalue weighted by atomic mass is 10.2. The molecule has 8 heteroatoms. The lowest BCUT2D eigenvalue weighted by Gasteiger charge is -2.28. The van der Waals surface area contributed by atoms with Crippen molar-refractivity contribution in [3.05, 3.63) is 36.7 Å². The van der Waals surface area contributed by atoms with Crippen LogP contribution in [0.25, 0.3) is 0 Å². The van der Waals surface area contributed by atoms with Crippen LogP contribution in [0.3, 0.4) is 0 Å². The molecule has 27 heavy (non-hydrogen) atoms. The van der Waals surface area contributed by atoms with Gasteiger partial charge in [0.15, 0.2) is 17.3 Å². The number of likely N-dealkylation sites (tertiary alicyclic amines) is 1. The third kappa shape index (κ3) is 3.74. The minimum absolute atomic E-state index is 0.0799. The molecule has 0 aliphatic carbocycles. The van der Waals surface area contributed by atoms with Crippen molar-refractivity contribution in [2.45, 2.75) is 18.6 Å². The average molecular weight is 370 g/mol. The summed E-state index contributed by atoms with van der Waals surface area (Å²) in [4.78, 5) is 25.0. The van der Waals surface area contributed by atoms with Crippen molar-refractivity contribution in [3.63, 3.8) is 0 Å². The van der Waals surface area contributed by atoms with Crippen LogP contribution in [0.15, 0.2) is 36.7 Å². The van der Waals surface area contributed by atoms with Crippen molar-refractivity contribution in [3.8, 4) is 17.4 Å². The number of benzene rings is 1. The number of nitrogens with zero attached hydrogens (tertiary/aromatic N) is 4. The summed E-state index contributed by atoms with van der Waals surface area (Å²) < 4.78 is 17.4. The van der Waals surface area contributed by atoms with Gasteiger partial charge in [0.2, 0.25) is 12.0 Å². The lowest BCUT2D eigenvalue weighted by Crippen LogP contribution is -2.46. The van der Waals surface area contributed by atoms with Crippen LogP contribution in [-0.4, -0.2) is 66.8 Å². The van der Waals surface area contributed by atoms with Crippen LogP contribution in [0.2, 0.25) is 0 Å². The first-order valence-corrected chi connectivity index (χ1v) is 8.93. The first kappa shape index (κ1) is 17.4. The van der Waals surface area contributed by atoms with Crippen molar-refractivity contribution in [1.29, 1.82) is 0 Å². The Morgan fingerprint density at radius 1 is 1.26 bits per heavy atom. The molecular formula is C19H22N4O4. The topological polar surface area (TPSA) is 77.0 Å². The molecule has 4 rings (SSSR count). The third-order valence-electron chi connectivity index (χ3n) is 4.59. The van der Waals surface area contributed by atoms with Gasteiger partial charge in [0.25, 0.3) is 5.91 Å². The Morgan fingerprint density at radius 3 is 2.89 bits per heavy atom. The minimum atomic E-state index is -0.629. The molecule has 0 unspecified atom stereocenters. The summed E-state index contributed by atoms with van der Waals surface area (Å²) in [7, 11) is 3.79. The normalized spacial score (nSPS) is 21.0. The summed E-state index contributed by atoms with van der Waals surface area (Å²) in [5, 5.41) is 0. The number of para-hydroxylation sites is 2. The Labute approximate surface area is 157 Å². The van der Waals surface area contributed by atoms with E-state index >= 15 is 0 Å². The molecule has 2 atom stereocenters. The Balaban J connectivity index is 1.36. The molecule has 3 heterocycles. The molecule has 1 saturated heterocycles. The van der Waals surface area contributed by atoms with Gasteiger partial charge in [-0.25, -0.2) is 0 Å². The second-order valence-electron chi connectivity index (χ2n) is 6.79. The van der Waals surface area contributed by atoms with Gasteiger partial charge in [-0.1, -0.05) is 12.1 Å². The van der Waals surface area contributed by atoms with E-state index in [2.05, 4.69) is 9.97 Å². The van der Waals surface area contributed by atoms with Crippen molar-refractivity contribution in [2.75, 3.05) is 38.7 Å². The predicted molar refractivity (Wildman–Crippen MR) is 98.3 cm³/mol. The summed E-state index contributed by atoms with van der Waals surface area (Å²) in [6.45, 7) is 1.33. The molecule has 1 fully saturated rings. The lowest BCUT2D eigenvalue weighted by molar-refractivity contribution is -0.140. The Bertz CT molecular complexity index is 829. The minimum Gasteiger partial charge on any atom is -0.485 e. The molecule has 1 amide bonds. The number of fused-ring (bicyclic) bond motifs is 1. The highest BCUT2D eigenvalue weighted by atomic mass is 16.6. The van der Waals surface area contributed by atoms with Gasteiger partial charge in [0, 0.05) is 27.1 Å². The van der Waals surface area contributed by atoms with Gasteiger partial charge in [0.05, 0.1) is 18.9 Å². The van der Waals surface area contributed by atoms with Gasteiger partial charge in [-0.2, -0.15) is 4.98 Å². The Kier molecular flexibility index (Phi) is 4.70. The fourth-order valence-electron chi connectivity index (χ4n) is 3.15. The zero-order valence-corrected chi connectivity index (χ0v) is 15.4. The molecule has 0 saturated carbocycles. The van der Waals surface area contributed by atoms with E-state index < -0.39 is 6.10 Å².